The minimum Gasteiger partial charge on any atom is -0.454 e. The van der Waals surface area contributed by atoms with Gasteiger partial charge in [0.05, 0.1) is 25.4 Å². The number of rotatable bonds is 49. The molecular formula is C63H109NO10. The molecule has 1 rings (SSSR count). The molecule has 8 atom stereocenters. The van der Waals surface area contributed by atoms with Crippen LogP contribution >= 0.6 is 0 Å². The Hall–Kier alpha value is -3.16. The Morgan fingerprint density at radius 1 is 0.554 bits per heavy atom. The molecule has 74 heavy (non-hydrogen) atoms. The van der Waals surface area contributed by atoms with Gasteiger partial charge in [0.2, 0.25) is 5.91 Å². The molecule has 6 N–H and O–H groups in total. The zero-order chi connectivity index (χ0) is 54.0. The first-order valence-electron chi connectivity index (χ1n) is 29.9. The summed E-state index contributed by atoms with van der Waals surface area (Å²) in [5, 5.41) is 56.9. The summed E-state index contributed by atoms with van der Waals surface area (Å²) in [5.74, 6) is -1.23. The monoisotopic (exact) mass is 1040 g/mol. The van der Waals surface area contributed by atoms with E-state index < -0.39 is 67.4 Å². The van der Waals surface area contributed by atoms with Gasteiger partial charge in [-0.3, -0.25) is 9.59 Å². The summed E-state index contributed by atoms with van der Waals surface area (Å²) < 4.78 is 17.6. The molecule has 0 aliphatic carbocycles. The Bertz CT molecular complexity index is 1520. The van der Waals surface area contributed by atoms with Crippen molar-refractivity contribution in [3.8, 4) is 0 Å². The summed E-state index contributed by atoms with van der Waals surface area (Å²) in [6.07, 6.45) is 54.7. The second-order valence-corrected chi connectivity index (χ2v) is 20.4. The third-order valence-corrected chi connectivity index (χ3v) is 13.6. The highest BCUT2D eigenvalue weighted by molar-refractivity contribution is 5.80. The third kappa shape index (κ3) is 38.4. The molecule has 0 aromatic carbocycles. The van der Waals surface area contributed by atoms with Gasteiger partial charge in [0, 0.05) is 6.42 Å². The van der Waals surface area contributed by atoms with E-state index in [9.17, 15) is 35.1 Å². The minimum absolute atomic E-state index is 0.112. The normalized spacial score (nSPS) is 19.9. The summed E-state index contributed by atoms with van der Waals surface area (Å²) in [5.41, 5.74) is 0. The van der Waals surface area contributed by atoms with Gasteiger partial charge < -0.3 is 45.1 Å². The molecule has 0 spiro atoms. The number of hydrogen-bond donors (Lipinski definition) is 6. The summed E-state index contributed by atoms with van der Waals surface area (Å²) in [6, 6.07) is -1.04. The Kier molecular flexibility index (Phi) is 47.1. The van der Waals surface area contributed by atoms with Crippen molar-refractivity contribution >= 4 is 11.9 Å². The molecule has 11 nitrogen and oxygen atoms in total. The van der Waals surface area contributed by atoms with Gasteiger partial charge in [-0.15, -0.1) is 0 Å². The maximum absolute atomic E-state index is 13.4. The Morgan fingerprint density at radius 2 is 1.03 bits per heavy atom. The molecular weight excluding hydrogens is 931 g/mol. The van der Waals surface area contributed by atoms with Gasteiger partial charge in [0.15, 0.2) is 12.4 Å². The lowest BCUT2D eigenvalue weighted by Gasteiger charge is -2.41. The molecule has 1 aliphatic rings. The van der Waals surface area contributed by atoms with Crippen molar-refractivity contribution in [2.75, 3.05) is 13.2 Å². The number of carbonyl (C=O) groups is 2. The van der Waals surface area contributed by atoms with Gasteiger partial charge in [-0.25, -0.2) is 0 Å². The van der Waals surface area contributed by atoms with Crippen LogP contribution in [0.3, 0.4) is 0 Å². The van der Waals surface area contributed by atoms with Crippen LogP contribution in [0.4, 0.5) is 0 Å². The lowest BCUT2D eigenvalue weighted by Crippen LogP contribution is -2.61. The van der Waals surface area contributed by atoms with Gasteiger partial charge in [0.25, 0.3) is 0 Å². The highest BCUT2D eigenvalue weighted by atomic mass is 16.7. The van der Waals surface area contributed by atoms with Crippen LogP contribution in [0.5, 0.6) is 0 Å². The van der Waals surface area contributed by atoms with Crippen LogP contribution < -0.4 is 5.32 Å². The molecule has 8 unspecified atom stereocenters. The number of carbonyl (C=O) groups excluding carboxylic acids is 2. The summed E-state index contributed by atoms with van der Waals surface area (Å²) in [7, 11) is 0. The molecule has 0 bridgehead atoms. The van der Waals surface area contributed by atoms with Crippen molar-refractivity contribution in [3.05, 3.63) is 85.1 Å². The van der Waals surface area contributed by atoms with Crippen LogP contribution in [-0.2, 0) is 23.8 Å². The van der Waals surface area contributed by atoms with Crippen molar-refractivity contribution in [3.63, 3.8) is 0 Å². The maximum atomic E-state index is 13.4. The highest BCUT2D eigenvalue weighted by Gasteiger charge is 2.47. The summed E-state index contributed by atoms with van der Waals surface area (Å²) in [6.45, 7) is 5.59. The van der Waals surface area contributed by atoms with Crippen LogP contribution in [0, 0.1) is 0 Å². The smallest absolute Gasteiger partial charge is 0.306 e. The first kappa shape index (κ1) is 68.9. The molecule has 1 saturated heterocycles. The molecule has 0 saturated carbocycles. The fourth-order valence-corrected chi connectivity index (χ4v) is 8.87. The van der Waals surface area contributed by atoms with E-state index in [0.717, 1.165) is 89.9 Å². The van der Waals surface area contributed by atoms with Crippen molar-refractivity contribution in [2.45, 2.75) is 288 Å². The number of aliphatic hydroxyl groups excluding tert-OH is 5. The van der Waals surface area contributed by atoms with Crippen LogP contribution in [-0.4, -0.2) is 99.6 Å². The molecule has 0 aromatic heterocycles. The number of hydrogen-bond acceptors (Lipinski definition) is 10. The third-order valence-electron chi connectivity index (χ3n) is 13.6. The predicted octanol–water partition coefficient (Wildman–Crippen LogP) is 13.8. The maximum Gasteiger partial charge on any atom is 0.306 e. The molecule has 11 heteroatoms. The van der Waals surface area contributed by atoms with Gasteiger partial charge in [-0.1, -0.05) is 241 Å². The first-order chi connectivity index (χ1) is 36.2. The average molecular weight is 1040 g/mol. The molecule has 1 amide bonds. The van der Waals surface area contributed by atoms with E-state index in [-0.39, 0.29) is 19.4 Å². The van der Waals surface area contributed by atoms with Gasteiger partial charge in [0.1, 0.15) is 24.4 Å². The van der Waals surface area contributed by atoms with E-state index in [1.54, 1.807) is 6.08 Å². The van der Waals surface area contributed by atoms with E-state index in [0.29, 0.717) is 12.8 Å². The highest BCUT2D eigenvalue weighted by Crippen LogP contribution is 2.26. The number of amides is 1. The lowest BCUT2D eigenvalue weighted by molar-refractivity contribution is -0.305. The van der Waals surface area contributed by atoms with E-state index in [2.05, 4.69) is 62.5 Å². The fraction of sp³-hybridized carbons (Fsp3) is 0.746. The summed E-state index contributed by atoms with van der Waals surface area (Å²) >= 11 is 0. The molecule has 1 heterocycles. The largest absolute Gasteiger partial charge is 0.454 e. The van der Waals surface area contributed by atoms with Crippen molar-refractivity contribution < 1.29 is 49.3 Å². The van der Waals surface area contributed by atoms with Crippen molar-refractivity contribution in [2.24, 2.45) is 0 Å². The number of allylic oxidation sites excluding steroid dienone is 13. The standard InChI is InChI=1S/C63H109NO10/c1-4-7-10-13-16-19-22-25-27-28-29-30-31-33-36-39-42-45-48-51-58(68)74-61-60(70)59(69)57(52-65)73-63(61)72-53-54(55(66)49-46-43-40-37-34-24-21-18-15-12-9-6-3)64-62(71)56(67)50-47-44-41-38-35-32-26-23-20-17-14-11-8-5-2/h8,11,14,16-17,19-20,23,25-27,32,46,49,54-57,59-61,63,65-67,69-70H,4-7,9-10,12-13,15,18,21-22,24,28-31,33-45,47-48,50-53H2,1-3H3,(H,64,71)/b11-8+,17-14+,19-16-,23-20+,27-25-,32-26-,49-46+. The zero-order valence-corrected chi connectivity index (χ0v) is 46.9. The van der Waals surface area contributed by atoms with Gasteiger partial charge >= 0.3 is 5.97 Å². The summed E-state index contributed by atoms with van der Waals surface area (Å²) in [4.78, 5) is 26.5. The van der Waals surface area contributed by atoms with Gasteiger partial charge in [-0.2, -0.15) is 0 Å². The Labute approximate surface area is 451 Å². The zero-order valence-electron chi connectivity index (χ0n) is 46.9. The SMILES string of the molecule is CC/C=C/C=C/C=C/C=C\CCCCCCC(O)C(=O)NC(COC1OC(CO)C(O)C(O)C1OC(=O)CCCCCCCCCCC/C=C\C/C=C\CCCCC)C(O)/C=C/CCCCCCCCCCCC. The molecule has 426 valence electrons. The Morgan fingerprint density at radius 3 is 1.59 bits per heavy atom. The van der Waals surface area contributed by atoms with Crippen LogP contribution in [0.2, 0.25) is 0 Å². The van der Waals surface area contributed by atoms with Crippen molar-refractivity contribution in [1.82, 2.24) is 5.32 Å². The Balaban J connectivity index is 2.71. The van der Waals surface area contributed by atoms with Gasteiger partial charge in [-0.05, 0) is 77.0 Å². The molecule has 0 aromatic rings. The quantitative estimate of drug-likeness (QED) is 0.0149. The van der Waals surface area contributed by atoms with E-state index >= 15 is 0 Å². The lowest BCUT2D eigenvalue weighted by atomic mass is 9.99. The number of esters is 1. The van der Waals surface area contributed by atoms with Crippen LogP contribution in [0.25, 0.3) is 0 Å². The van der Waals surface area contributed by atoms with Crippen LogP contribution in [0.1, 0.15) is 239 Å². The van der Waals surface area contributed by atoms with E-state index in [1.165, 1.54) is 103 Å². The topological polar surface area (TPSA) is 175 Å². The second-order valence-electron chi connectivity index (χ2n) is 20.4. The number of unbranched alkanes of at least 4 members (excludes halogenated alkanes) is 26. The molecule has 1 aliphatic heterocycles. The fourth-order valence-electron chi connectivity index (χ4n) is 8.87. The second kappa shape index (κ2) is 50.6. The first-order valence-corrected chi connectivity index (χ1v) is 29.9. The molecule has 1 fully saturated rings. The predicted molar refractivity (Wildman–Crippen MR) is 306 cm³/mol. The average Bonchev–Trinajstić information content (AvgIpc) is 3.40. The van der Waals surface area contributed by atoms with Crippen LogP contribution in [0.15, 0.2) is 85.1 Å². The minimum atomic E-state index is -1.62. The van der Waals surface area contributed by atoms with Crippen molar-refractivity contribution in [1.29, 1.82) is 0 Å². The number of nitrogens with one attached hydrogen (secondary N) is 1. The van der Waals surface area contributed by atoms with E-state index in [1.807, 2.05) is 42.5 Å². The number of ether oxygens (including phenoxy) is 3. The van der Waals surface area contributed by atoms with E-state index in [4.69, 9.17) is 14.2 Å². The molecule has 0 radical (unpaired) electrons. The number of aliphatic hydroxyl groups is 5.